The van der Waals surface area contributed by atoms with Crippen molar-refractivity contribution in [2.75, 3.05) is 26.2 Å². The van der Waals surface area contributed by atoms with Crippen LogP contribution in [0, 0.1) is 0 Å². The SMILES string of the molecule is FC(COC1=CCCC=C1)CN1CCCC1. The Bertz CT molecular complexity index is 269. The molecule has 2 aliphatic rings. The zero-order valence-corrected chi connectivity index (χ0v) is 9.70. The van der Waals surface area contributed by atoms with E-state index in [1.807, 2.05) is 12.2 Å². The molecule has 0 saturated carbocycles. The summed E-state index contributed by atoms with van der Waals surface area (Å²) in [5.41, 5.74) is 0. The van der Waals surface area contributed by atoms with Gasteiger partial charge in [0, 0.05) is 6.54 Å². The van der Waals surface area contributed by atoms with Crippen molar-refractivity contribution in [1.82, 2.24) is 4.90 Å². The van der Waals surface area contributed by atoms with Crippen molar-refractivity contribution < 1.29 is 9.13 Å². The second-order valence-electron chi connectivity index (χ2n) is 4.50. The van der Waals surface area contributed by atoms with Gasteiger partial charge in [-0.15, -0.1) is 0 Å². The molecule has 0 aromatic rings. The largest absolute Gasteiger partial charge is 0.491 e. The van der Waals surface area contributed by atoms with E-state index in [2.05, 4.69) is 11.0 Å². The number of likely N-dealkylation sites (tertiary alicyclic amines) is 1. The van der Waals surface area contributed by atoms with Crippen LogP contribution in [-0.4, -0.2) is 37.3 Å². The zero-order valence-electron chi connectivity index (χ0n) is 9.70. The monoisotopic (exact) mass is 225 g/mol. The minimum absolute atomic E-state index is 0.187. The maximum atomic E-state index is 13.6. The number of hydrogen-bond donors (Lipinski definition) is 0. The van der Waals surface area contributed by atoms with Crippen molar-refractivity contribution in [2.24, 2.45) is 0 Å². The summed E-state index contributed by atoms with van der Waals surface area (Å²) in [6.45, 7) is 2.80. The Balaban J connectivity index is 1.64. The molecule has 0 N–H and O–H groups in total. The maximum absolute atomic E-state index is 13.6. The van der Waals surface area contributed by atoms with Gasteiger partial charge in [-0.25, -0.2) is 4.39 Å². The first-order valence-electron chi connectivity index (χ1n) is 6.20. The quantitative estimate of drug-likeness (QED) is 0.713. The van der Waals surface area contributed by atoms with Crippen LogP contribution in [0.2, 0.25) is 0 Å². The molecule has 1 fully saturated rings. The van der Waals surface area contributed by atoms with Gasteiger partial charge in [0.1, 0.15) is 18.5 Å². The van der Waals surface area contributed by atoms with Gasteiger partial charge in [0.15, 0.2) is 0 Å². The fourth-order valence-corrected chi connectivity index (χ4v) is 2.18. The number of allylic oxidation sites excluding steroid dienone is 3. The Morgan fingerprint density at radius 1 is 1.31 bits per heavy atom. The van der Waals surface area contributed by atoms with Crippen LogP contribution in [0.3, 0.4) is 0 Å². The highest BCUT2D eigenvalue weighted by Gasteiger charge is 2.17. The first-order valence-corrected chi connectivity index (χ1v) is 6.20. The number of ether oxygens (including phenoxy) is 1. The minimum Gasteiger partial charge on any atom is -0.491 e. The van der Waals surface area contributed by atoms with Crippen molar-refractivity contribution in [1.29, 1.82) is 0 Å². The van der Waals surface area contributed by atoms with Crippen molar-refractivity contribution >= 4 is 0 Å². The molecule has 1 aliphatic heterocycles. The van der Waals surface area contributed by atoms with E-state index in [0.29, 0.717) is 6.54 Å². The molecular weight excluding hydrogens is 205 g/mol. The molecule has 1 heterocycles. The van der Waals surface area contributed by atoms with E-state index in [1.165, 1.54) is 12.8 Å². The van der Waals surface area contributed by atoms with E-state index in [-0.39, 0.29) is 6.61 Å². The Morgan fingerprint density at radius 2 is 2.12 bits per heavy atom. The third kappa shape index (κ3) is 3.63. The minimum atomic E-state index is -0.866. The predicted octanol–water partition coefficient (Wildman–Crippen LogP) is 2.67. The van der Waals surface area contributed by atoms with Crippen LogP contribution < -0.4 is 0 Å². The van der Waals surface area contributed by atoms with Gasteiger partial charge >= 0.3 is 0 Å². The molecule has 1 saturated heterocycles. The number of halogens is 1. The third-order valence-corrected chi connectivity index (χ3v) is 3.05. The van der Waals surface area contributed by atoms with Crippen LogP contribution in [0.4, 0.5) is 4.39 Å². The summed E-state index contributed by atoms with van der Waals surface area (Å²) < 4.78 is 19.0. The third-order valence-electron chi connectivity index (χ3n) is 3.05. The summed E-state index contributed by atoms with van der Waals surface area (Å²) >= 11 is 0. The average molecular weight is 225 g/mol. The van der Waals surface area contributed by atoms with Gasteiger partial charge in [-0.05, 0) is 50.9 Å². The second-order valence-corrected chi connectivity index (χ2v) is 4.50. The summed E-state index contributed by atoms with van der Waals surface area (Å²) in [5.74, 6) is 0.829. The van der Waals surface area contributed by atoms with Crippen LogP contribution in [0.15, 0.2) is 24.0 Å². The fourth-order valence-electron chi connectivity index (χ4n) is 2.18. The van der Waals surface area contributed by atoms with Crippen LogP contribution >= 0.6 is 0 Å². The van der Waals surface area contributed by atoms with E-state index >= 15 is 0 Å². The fraction of sp³-hybridized carbons (Fsp3) is 0.692. The van der Waals surface area contributed by atoms with Gasteiger partial charge in [0.05, 0.1) is 0 Å². The Kier molecular flexibility index (Phi) is 4.40. The molecule has 1 unspecified atom stereocenters. The molecule has 0 amide bonds. The Labute approximate surface area is 96.8 Å². The first-order chi connectivity index (χ1) is 7.84. The van der Waals surface area contributed by atoms with Gasteiger partial charge in [0.25, 0.3) is 0 Å². The molecule has 90 valence electrons. The van der Waals surface area contributed by atoms with E-state index in [0.717, 1.165) is 31.7 Å². The lowest BCUT2D eigenvalue weighted by molar-refractivity contribution is 0.112. The number of rotatable bonds is 5. The van der Waals surface area contributed by atoms with Crippen LogP contribution in [0.25, 0.3) is 0 Å². The van der Waals surface area contributed by atoms with Crippen molar-refractivity contribution in [3.05, 3.63) is 24.0 Å². The van der Waals surface area contributed by atoms with E-state index in [9.17, 15) is 4.39 Å². The molecule has 1 atom stereocenters. The van der Waals surface area contributed by atoms with Crippen molar-refractivity contribution in [2.45, 2.75) is 31.9 Å². The lowest BCUT2D eigenvalue weighted by Crippen LogP contribution is -2.30. The zero-order chi connectivity index (χ0) is 11.2. The molecule has 16 heavy (non-hydrogen) atoms. The van der Waals surface area contributed by atoms with E-state index in [4.69, 9.17) is 4.74 Å². The molecule has 0 spiro atoms. The summed E-state index contributed by atoms with van der Waals surface area (Å²) in [6.07, 6.45) is 9.67. The molecule has 0 aromatic carbocycles. The van der Waals surface area contributed by atoms with Crippen LogP contribution in [0.1, 0.15) is 25.7 Å². The van der Waals surface area contributed by atoms with Crippen molar-refractivity contribution in [3.63, 3.8) is 0 Å². The Hall–Kier alpha value is -0.830. The lowest BCUT2D eigenvalue weighted by Gasteiger charge is -2.18. The van der Waals surface area contributed by atoms with Gasteiger partial charge in [-0.2, -0.15) is 0 Å². The molecule has 1 aliphatic carbocycles. The van der Waals surface area contributed by atoms with Crippen LogP contribution in [0.5, 0.6) is 0 Å². The lowest BCUT2D eigenvalue weighted by atomic mass is 10.2. The molecule has 0 aromatic heterocycles. The number of nitrogens with zero attached hydrogens (tertiary/aromatic N) is 1. The summed E-state index contributed by atoms with van der Waals surface area (Å²) in [4.78, 5) is 2.18. The molecular formula is C13H20FNO. The standard InChI is InChI=1S/C13H20FNO/c14-12(10-15-8-4-5-9-15)11-16-13-6-2-1-3-7-13/h2,6-7,12H,1,3-5,8-11H2. The summed E-state index contributed by atoms with van der Waals surface area (Å²) in [7, 11) is 0. The smallest absolute Gasteiger partial charge is 0.147 e. The van der Waals surface area contributed by atoms with Gasteiger partial charge < -0.3 is 9.64 Å². The summed E-state index contributed by atoms with van der Waals surface area (Å²) in [5, 5.41) is 0. The molecule has 2 nitrogen and oxygen atoms in total. The molecule has 0 radical (unpaired) electrons. The Morgan fingerprint density at radius 3 is 2.81 bits per heavy atom. The van der Waals surface area contributed by atoms with Gasteiger partial charge in [0.2, 0.25) is 0 Å². The highest BCUT2D eigenvalue weighted by atomic mass is 19.1. The van der Waals surface area contributed by atoms with Gasteiger partial charge in [-0.3, -0.25) is 0 Å². The van der Waals surface area contributed by atoms with E-state index in [1.54, 1.807) is 0 Å². The van der Waals surface area contributed by atoms with E-state index < -0.39 is 6.17 Å². The number of alkyl halides is 1. The second kappa shape index (κ2) is 6.04. The maximum Gasteiger partial charge on any atom is 0.147 e. The topological polar surface area (TPSA) is 12.5 Å². The predicted molar refractivity (Wildman–Crippen MR) is 63.0 cm³/mol. The van der Waals surface area contributed by atoms with Gasteiger partial charge in [-0.1, -0.05) is 6.08 Å². The van der Waals surface area contributed by atoms with Crippen LogP contribution in [-0.2, 0) is 4.74 Å². The number of hydrogen-bond acceptors (Lipinski definition) is 2. The summed E-state index contributed by atoms with van der Waals surface area (Å²) in [6, 6.07) is 0. The molecule has 3 heteroatoms. The highest BCUT2D eigenvalue weighted by molar-refractivity contribution is 5.15. The first kappa shape index (κ1) is 11.6. The van der Waals surface area contributed by atoms with Crippen molar-refractivity contribution in [3.8, 4) is 0 Å². The molecule has 0 bridgehead atoms. The normalized spacial score (nSPS) is 23.2. The highest BCUT2D eigenvalue weighted by Crippen LogP contribution is 2.13. The molecule has 2 rings (SSSR count). The average Bonchev–Trinajstić information content (AvgIpc) is 2.81.